The summed E-state index contributed by atoms with van der Waals surface area (Å²) in [5.41, 5.74) is 23.5. The highest BCUT2D eigenvalue weighted by Crippen LogP contribution is 2.50. The van der Waals surface area contributed by atoms with E-state index in [1.165, 1.54) is 21.9 Å². The number of benzene rings is 12. The minimum atomic E-state index is -0.153. The van der Waals surface area contributed by atoms with E-state index in [1.54, 1.807) is 0 Å². The summed E-state index contributed by atoms with van der Waals surface area (Å²) in [4.78, 5) is 12.2. The number of rotatable bonds is 9. The number of para-hydroxylation sites is 9. The lowest BCUT2D eigenvalue weighted by atomic mass is 9.30. The smallest absolute Gasteiger partial charge is 0.256 e. The minimum absolute atomic E-state index is 0.138. The molecule has 0 saturated carbocycles. The predicted molar refractivity (Wildman–Crippen MR) is 336 cm³/mol. The second-order valence-corrected chi connectivity index (χ2v) is 20.8. The van der Waals surface area contributed by atoms with Crippen LogP contribution in [-0.2, 0) is 0 Å². The molecule has 0 unspecified atom stereocenters. The lowest BCUT2D eigenvalue weighted by Gasteiger charge is -2.46. The van der Waals surface area contributed by atoms with Gasteiger partial charge in [-0.1, -0.05) is 170 Å². The zero-order valence-electron chi connectivity index (χ0n) is 43.6. The van der Waals surface area contributed by atoms with E-state index in [9.17, 15) is 0 Å². The highest BCUT2D eigenvalue weighted by molar-refractivity contribution is 7.02. The summed E-state index contributed by atoms with van der Waals surface area (Å²) in [6.07, 6.45) is 0. The summed E-state index contributed by atoms with van der Waals surface area (Å²) in [5.74, 6) is 1.67. The predicted octanol–water partition coefficient (Wildman–Crippen LogP) is 15.1. The fourth-order valence-electron chi connectivity index (χ4n) is 13.1. The van der Waals surface area contributed by atoms with Crippen LogP contribution < -0.4 is 62.0 Å². The molecule has 0 bridgehead atoms. The Morgan fingerprint density at radius 1 is 0.237 bits per heavy atom. The van der Waals surface area contributed by atoms with Crippen molar-refractivity contribution in [1.82, 2.24) is 0 Å². The number of hydrogen-bond acceptors (Lipinski definition) is 6. The number of hydrogen-bond donors (Lipinski definition) is 0. The molecule has 0 fully saturated rings. The molecule has 4 aliphatic heterocycles. The third-order valence-electron chi connectivity index (χ3n) is 16.4. The van der Waals surface area contributed by atoms with E-state index >= 15 is 0 Å². The van der Waals surface area contributed by atoms with Crippen LogP contribution >= 0.6 is 0 Å². The van der Waals surface area contributed by atoms with Gasteiger partial charge in [-0.3, -0.25) is 0 Å². The van der Waals surface area contributed by atoms with Crippen molar-refractivity contribution in [1.29, 1.82) is 0 Å². The van der Waals surface area contributed by atoms with Crippen molar-refractivity contribution < 1.29 is 4.74 Å². The van der Waals surface area contributed by atoms with Crippen LogP contribution in [0.2, 0.25) is 0 Å². The maximum Gasteiger partial charge on any atom is 0.256 e. The molecule has 0 atom stereocenters. The molecule has 4 heterocycles. The first-order valence-electron chi connectivity index (χ1n) is 27.5. The van der Waals surface area contributed by atoms with Gasteiger partial charge in [-0.15, -0.1) is 0 Å². The van der Waals surface area contributed by atoms with Gasteiger partial charge >= 0.3 is 0 Å². The van der Waals surface area contributed by atoms with Crippen LogP contribution in [0.15, 0.2) is 297 Å². The lowest BCUT2D eigenvalue weighted by molar-refractivity contribution is 0.488. The molecule has 16 rings (SSSR count). The van der Waals surface area contributed by atoms with Gasteiger partial charge in [-0.25, -0.2) is 0 Å². The van der Waals surface area contributed by atoms with Crippen molar-refractivity contribution in [2.24, 2.45) is 0 Å². The van der Waals surface area contributed by atoms with Crippen LogP contribution in [0.25, 0.3) is 0 Å². The third-order valence-corrected chi connectivity index (χ3v) is 16.4. The summed E-state index contributed by atoms with van der Waals surface area (Å²) >= 11 is 0. The maximum absolute atomic E-state index is 7.66. The average molecular weight is 1020 g/mol. The van der Waals surface area contributed by atoms with Crippen molar-refractivity contribution in [2.75, 3.05) is 24.5 Å². The van der Waals surface area contributed by atoms with E-state index in [0.717, 1.165) is 108 Å². The molecule has 0 aliphatic carbocycles. The first-order chi connectivity index (χ1) is 39.7. The Morgan fingerprint density at radius 2 is 0.575 bits per heavy atom. The SMILES string of the molecule is c1ccc(N(c2ccccc2)c2cc3c4c(c2)N(c2ccccc2)c2ccccc2B4c2cc4c(cc2O3)N(c2ccccc2)c2cc(N(c3ccccc3)c3ccccc3)cc3c2B4c2ccccc2N3c2ccccc2)cc1. The van der Waals surface area contributed by atoms with Gasteiger partial charge < -0.3 is 29.2 Å². The van der Waals surface area contributed by atoms with Gasteiger partial charge in [-0.05, 0) is 148 Å². The fraction of sp³-hybridized carbons (Fsp3) is 0. The van der Waals surface area contributed by atoms with Gasteiger partial charge in [0, 0.05) is 86.1 Å². The first-order valence-corrected chi connectivity index (χ1v) is 27.5. The Morgan fingerprint density at radius 3 is 1.00 bits per heavy atom. The molecule has 8 heteroatoms. The van der Waals surface area contributed by atoms with Crippen LogP contribution in [0.4, 0.5) is 85.3 Å². The zero-order valence-corrected chi connectivity index (χ0v) is 43.6. The van der Waals surface area contributed by atoms with Crippen molar-refractivity contribution in [2.45, 2.75) is 0 Å². The molecule has 4 aliphatic rings. The van der Waals surface area contributed by atoms with Gasteiger partial charge in [-0.2, -0.15) is 0 Å². The topological polar surface area (TPSA) is 25.4 Å². The molecule has 374 valence electrons. The Labute approximate surface area is 467 Å². The van der Waals surface area contributed by atoms with Gasteiger partial charge in [0.25, 0.3) is 13.4 Å². The normalized spacial score (nSPS) is 13.0. The second kappa shape index (κ2) is 18.6. The summed E-state index contributed by atoms with van der Waals surface area (Å²) in [5, 5.41) is 0. The van der Waals surface area contributed by atoms with Crippen molar-refractivity contribution in [3.8, 4) is 11.5 Å². The summed E-state index contributed by atoms with van der Waals surface area (Å²) in [6, 6.07) is 108. The van der Waals surface area contributed by atoms with Crippen LogP contribution in [0, 0.1) is 0 Å². The Kier molecular flexibility index (Phi) is 10.7. The monoisotopic (exact) mass is 1020 g/mol. The number of anilines is 15. The number of ether oxygens (including phenoxy) is 1. The largest absolute Gasteiger partial charge is 0.458 e. The van der Waals surface area contributed by atoms with Crippen molar-refractivity contribution >= 4 is 132 Å². The van der Waals surface area contributed by atoms with Crippen LogP contribution in [0.5, 0.6) is 11.5 Å². The molecule has 6 nitrogen and oxygen atoms in total. The van der Waals surface area contributed by atoms with Gasteiger partial charge in [0.2, 0.25) is 0 Å². The van der Waals surface area contributed by atoms with E-state index in [1.807, 2.05) is 0 Å². The Balaban J connectivity index is 0.982. The van der Waals surface area contributed by atoms with Crippen molar-refractivity contribution in [3.05, 3.63) is 297 Å². The number of fused-ring (bicyclic) bond motifs is 8. The highest BCUT2D eigenvalue weighted by atomic mass is 16.5. The molecule has 12 aromatic rings. The summed E-state index contributed by atoms with van der Waals surface area (Å²) in [6.45, 7) is -0.292. The van der Waals surface area contributed by atoms with Gasteiger partial charge in [0.05, 0.1) is 11.4 Å². The van der Waals surface area contributed by atoms with Crippen LogP contribution in [-0.4, -0.2) is 13.4 Å². The Bertz CT molecular complexity index is 4230. The molecule has 0 saturated heterocycles. The quantitative estimate of drug-likeness (QED) is 0.134. The fourth-order valence-corrected chi connectivity index (χ4v) is 13.1. The van der Waals surface area contributed by atoms with E-state index < -0.39 is 0 Å². The van der Waals surface area contributed by atoms with Crippen molar-refractivity contribution in [3.63, 3.8) is 0 Å². The molecule has 80 heavy (non-hydrogen) atoms. The lowest BCUT2D eigenvalue weighted by Crippen LogP contribution is -2.64. The van der Waals surface area contributed by atoms with E-state index in [0.29, 0.717) is 0 Å². The first kappa shape index (κ1) is 45.7. The molecule has 0 N–H and O–H groups in total. The Hall–Kier alpha value is -10.4. The molecular weight excluding hydrogens is 972 g/mol. The van der Waals surface area contributed by atoms with Crippen LogP contribution in [0.1, 0.15) is 0 Å². The zero-order chi connectivity index (χ0) is 52.7. The van der Waals surface area contributed by atoms with E-state index in [-0.39, 0.29) is 13.4 Å². The average Bonchev–Trinajstić information content (AvgIpc) is 3.57. The molecule has 0 spiro atoms. The standard InChI is InChI=1S/C72H49B2N5O/c1-8-26-50(27-9-1)75(51-28-10-2-11-29-51)57-44-66-71-67(45-57)79(56-38-20-7-21-39-56)65-49-69-62(48-61(65)73(71)59-40-22-24-42-63(59)77(66)54-34-16-5-17-35-54)74-60-41-23-25-43-64(60)78(55-36-18-6-19-37-55)68-46-58(47-70(80-69)72(68)74)76(52-30-12-3-13-31-52)53-32-14-4-15-33-53/h1-49H. The molecule has 0 aromatic heterocycles. The van der Waals surface area contributed by atoms with Crippen LogP contribution in [0.3, 0.4) is 0 Å². The van der Waals surface area contributed by atoms with Gasteiger partial charge in [0.1, 0.15) is 11.5 Å². The minimum Gasteiger partial charge on any atom is -0.458 e. The molecule has 12 aromatic carbocycles. The third kappa shape index (κ3) is 7.23. The molecule has 0 radical (unpaired) electrons. The number of nitrogens with zero attached hydrogens (tertiary/aromatic N) is 5. The van der Waals surface area contributed by atoms with Gasteiger partial charge in [0.15, 0.2) is 0 Å². The second-order valence-electron chi connectivity index (χ2n) is 20.8. The molecule has 0 amide bonds. The molecular formula is C72H49B2N5O. The summed E-state index contributed by atoms with van der Waals surface area (Å²) in [7, 11) is 0. The highest BCUT2D eigenvalue weighted by Gasteiger charge is 2.48. The van der Waals surface area contributed by atoms with E-state index in [4.69, 9.17) is 4.74 Å². The summed E-state index contributed by atoms with van der Waals surface area (Å²) < 4.78 is 7.66. The maximum atomic E-state index is 7.66. The van der Waals surface area contributed by atoms with E-state index in [2.05, 4.69) is 322 Å².